The first kappa shape index (κ1) is 28.4. The van der Waals surface area contributed by atoms with Crippen LogP contribution in [0.4, 0.5) is 22.0 Å². The molecule has 3 aromatic rings. The number of oxazole rings is 1. The number of amides is 2. The molecule has 1 fully saturated rings. The molecule has 2 aromatic heterocycles. The molecule has 1 N–H and O–H groups in total. The van der Waals surface area contributed by atoms with E-state index >= 15 is 4.39 Å². The minimum atomic E-state index is -4.87. The van der Waals surface area contributed by atoms with E-state index in [-0.39, 0.29) is 21.9 Å². The molecule has 9 nitrogen and oxygen atoms in total. The molecule has 1 saturated heterocycles. The summed E-state index contributed by atoms with van der Waals surface area (Å²) in [5.74, 6) is -5.93. The molecule has 1 aliphatic heterocycles. The number of nitrogens with one attached hydrogen (secondary N) is 1. The van der Waals surface area contributed by atoms with E-state index < -0.39 is 59.4 Å². The van der Waals surface area contributed by atoms with Crippen molar-refractivity contribution in [2.24, 2.45) is 5.92 Å². The highest BCUT2D eigenvalue weighted by Gasteiger charge is 2.31. The number of alkyl halides is 3. The maximum Gasteiger partial charge on any atom is 0.573 e. The number of aromatic nitrogens is 2. The molecule has 4 rings (SSSR count). The van der Waals surface area contributed by atoms with Crippen LogP contribution in [0.2, 0.25) is 0 Å². The van der Waals surface area contributed by atoms with Crippen molar-refractivity contribution in [2.75, 3.05) is 20.1 Å². The molecule has 0 unspecified atom stereocenters. The molecule has 0 spiro atoms. The fourth-order valence-corrected chi connectivity index (χ4v) is 4.30. The Bertz CT molecular complexity index is 1360. The number of imide groups is 1. The third kappa shape index (κ3) is 7.09. The summed E-state index contributed by atoms with van der Waals surface area (Å²) in [6, 6.07) is 4.02. The van der Waals surface area contributed by atoms with Gasteiger partial charge in [0.15, 0.2) is 22.8 Å². The number of carbonyl (C=O) groups is 2. The molecule has 39 heavy (non-hydrogen) atoms. The van der Waals surface area contributed by atoms with Crippen molar-refractivity contribution >= 4 is 27.7 Å². The van der Waals surface area contributed by atoms with Crippen LogP contribution in [0.3, 0.4) is 0 Å². The molecule has 0 bridgehead atoms. The third-order valence-electron chi connectivity index (χ3n) is 5.80. The molecule has 208 valence electrons. The van der Waals surface area contributed by atoms with E-state index in [9.17, 15) is 27.2 Å². The zero-order valence-electron chi connectivity index (χ0n) is 20.2. The van der Waals surface area contributed by atoms with E-state index in [2.05, 4.69) is 36.0 Å². The van der Waals surface area contributed by atoms with Crippen molar-refractivity contribution in [3.8, 4) is 22.9 Å². The predicted molar refractivity (Wildman–Crippen MR) is 128 cm³/mol. The first-order valence-corrected chi connectivity index (χ1v) is 12.2. The molecule has 2 amide bonds. The van der Waals surface area contributed by atoms with Crippen LogP contribution in [0, 0.1) is 17.6 Å². The number of hydrogen-bond acceptors (Lipinski definition) is 8. The maximum absolute atomic E-state index is 15.0. The Morgan fingerprint density at radius 1 is 1.18 bits per heavy atom. The fraction of sp³-hybridized carbons (Fsp3) is 0.333. The van der Waals surface area contributed by atoms with Crippen molar-refractivity contribution in [1.82, 2.24) is 20.2 Å². The number of ether oxygens (including phenoxy) is 2. The van der Waals surface area contributed by atoms with Gasteiger partial charge in [0, 0.05) is 5.92 Å². The molecule has 1 aromatic carbocycles. The Kier molecular flexibility index (Phi) is 8.49. The van der Waals surface area contributed by atoms with Crippen LogP contribution in [0.25, 0.3) is 11.4 Å². The van der Waals surface area contributed by atoms with Crippen LogP contribution in [0.15, 0.2) is 39.5 Å². The Morgan fingerprint density at radius 2 is 1.90 bits per heavy atom. The number of piperidine rings is 1. The highest BCUT2D eigenvalue weighted by Crippen LogP contribution is 2.31. The quantitative estimate of drug-likeness (QED) is 0.296. The maximum atomic E-state index is 15.0. The van der Waals surface area contributed by atoms with Gasteiger partial charge in [0.25, 0.3) is 5.91 Å². The van der Waals surface area contributed by atoms with Crippen molar-refractivity contribution in [3.63, 3.8) is 0 Å². The summed E-state index contributed by atoms with van der Waals surface area (Å²) in [7, 11) is 1.90. The summed E-state index contributed by atoms with van der Waals surface area (Å²) in [4.78, 5) is 35.0. The number of halogens is 6. The molecule has 0 saturated carbocycles. The van der Waals surface area contributed by atoms with Crippen LogP contribution in [-0.4, -0.2) is 53.2 Å². The second-order valence-corrected chi connectivity index (χ2v) is 9.30. The van der Waals surface area contributed by atoms with Gasteiger partial charge in [-0.15, -0.1) is 13.2 Å². The smallest absolute Gasteiger partial charge is 0.481 e. The lowest BCUT2D eigenvalue weighted by Crippen LogP contribution is -2.41. The minimum Gasteiger partial charge on any atom is -0.481 e. The van der Waals surface area contributed by atoms with E-state index in [4.69, 9.17) is 9.15 Å². The molecule has 0 aliphatic carbocycles. The summed E-state index contributed by atoms with van der Waals surface area (Å²) >= 11 is 3.11. The SMILES string of the molecule is CN1CCC(C(=O)NC(=O)c2c(F)ccc(OCc3nc(-c4ccc(OC(F)(F)F)cn4)c(Br)o3)c2F)CC1. The lowest BCUT2D eigenvalue weighted by atomic mass is 9.96. The van der Waals surface area contributed by atoms with Crippen LogP contribution >= 0.6 is 15.9 Å². The highest BCUT2D eigenvalue weighted by atomic mass is 79.9. The average Bonchev–Trinajstić information content (AvgIpc) is 3.23. The molecular formula is C24H20BrF5N4O5. The number of pyridine rings is 1. The van der Waals surface area contributed by atoms with Crippen molar-refractivity contribution in [1.29, 1.82) is 0 Å². The number of nitrogens with zero attached hydrogens (tertiary/aromatic N) is 3. The standard InChI is InChI=1S/C24H20BrF5N4O5/c1-34-8-6-12(7-9-34)22(35)33-23(36)18-14(26)3-5-16(19(18)27)37-11-17-32-20(21(25)38-17)15-4-2-13(10-31-15)39-24(28,29)30/h2-5,10,12H,6-9,11H2,1H3,(H,33,35,36). The largest absolute Gasteiger partial charge is 0.573 e. The zero-order chi connectivity index (χ0) is 28.3. The van der Waals surface area contributed by atoms with E-state index in [0.717, 1.165) is 24.4 Å². The Morgan fingerprint density at radius 3 is 2.54 bits per heavy atom. The van der Waals surface area contributed by atoms with E-state index in [1.54, 1.807) is 0 Å². The minimum absolute atomic E-state index is 0.0603. The zero-order valence-corrected chi connectivity index (χ0v) is 21.7. The van der Waals surface area contributed by atoms with Gasteiger partial charge in [0.05, 0.1) is 11.9 Å². The summed E-state index contributed by atoms with van der Waals surface area (Å²) in [5.41, 5.74) is -0.736. The Balaban J connectivity index is 1.43. The van der Waals surface area contributed by atoms with E-state index in [1.807, 2.05) is 11.9 Å². The molecule has 15 heteroatoms. The van der Waals surface area contributed by atoms with Gasteiger partial charge >= 0.3 is 6.36 Å². The van der Waals surface area contributed by atoms with Crippen LogP contribution in [0.5, 0.6) is 11.5 Å². The molecule has 0 radical (unpaired) electrons. The van der Waals surface area contributed by atoms with Gasteiger partial charge in [-0.1, -0.05) is 0 Å². The lowest BCUT2D eigenvalue weighted by Gasteiger charge is -2.27. The van der Waals surface area contributed by atoms with Crippen molar-refractivity contribution in [2.45, 2.75) is 25.8 Å². The van der Waals surface area contributed by atoms with Gasteiger partial charge in [0.2, 0.25) is 11.8 Å². The number of hydrogen-bond donors (Lipinski definition) is 1. The van der Waals surface area contributed by atoms with Gasteiger partial charge in [-0.25, -0.2) is 13.8 Å². The van der Waals surface area contributed by atoms with Gasteiger partial charge in [-0.05, 0) is 73.2 Å². The second-order valence-electron chi connectivity index (χ2n) is 8.58. The van der Waals surface area contributed by atoms with E-state index in [1.165, 1.54) is 6.07 Å². The number of rotatable bonds is 7. The number of likely N-dealkylation sites (tertiary alicyclic amines) is 1. The van der Waals surface area contributed by atoms with Gasteiger partial charge in [0.1, 0.15) is 22.8 Å². The first-order valence-electron chi connectivity index (χ1n) is 11.4. The molecule has 3 heterocycles. The fourth-order valence-electron chi connectivity index (χ4n) is 3.82. The van der Waals surface area contributed by atoms with Gasteiger partial charge in [-0.3, -0.25) is 19.9 Å². The summed E-state index contributed by atoms with van der Waals surface area (Å²) < 4.78 is 80.9. The second kappa shape index (κ2) is 11.7. The summed E-state index contributed by atoms with van der Waals surface area (Å²) in [6.07, 6.45) is -3.00. The van der Waals surface area contributed by atoms with Gasteiger partial charge in [-0.2, -0.15) is 0 Å². The Hall–Kier alpha value is -3.59. The van der Waals surface area contributed by atoms with Crippen molar-refractivity contribution in [3.05, 3.63) is 58.2 Å². The van der Waals surface area contributed by atoms with Crippen molar-refractivity contribution < 1.29 is 45.4 Å². The van der Waals surface area contributed by atoms with E-state index in [0.29, 0.717) is 25.9 Å². The summed E-state index contributed by atoms with van der Waals surface area (Å²) in [6.45, 7) is 0.849. The molecular weight excluding hydrogens is 599 g/mol. The summed E-state index contributed by atoms with van der Waals surface area (Å²) in [5, 5.41) is 2.06. The molecule has 1 aliphatic rings. The van der Waals surface area contributed by atoms with Crippen LogP contribution in [-0.2, 0) is 11.4 Å². The number of carbonyl (C=O) groups excluding carboxylic acids is 2. The molecule has 0 atom stereocenters. The Labute approximate surface area is 226 Å². The highest BCUT2D eigenvalue weighted by molar-refractivity contribution is 9.10. The van der Waals surface area contributed by atoms with Gasteiger partial charge < -0.3 is 18.8 Å². The third-order valence-corrected chi connectivity index (χ3v) is 6.34. The number of benzene rings is 1. The predicted octanol–water partition coefficient (Wildman–Crippen LogP) is 4.85. The topological polar surface area (TPSA) is 107 Å². The monoisotopic (exact) mass is 618 g/mol. The normalized spacial score (nSPS) is 14.7. The first-order chi connectivity index (χ1) is 18.4. The van der Waals surface area contributed by atoms with Crippen LogP contribution < -0.4 is 14.8 Å². The average molecular weight is 619 g/mol. The van der Waals surface area contributed by atoms with Crippen LogP contribution in [0.1, 0.15) is 29.1 Å². The lowest BCUT2D eigenvalue weighted by molar-refractivity contribution is -0.274.